The van der Waals surface area contributed by atoms with Crippen LogP contribution in [0.25, 0.3) is 11.0 Å². The minimum Gasteiger partial charge on any atom is -0.457 e. The second kappa shape index (κ2) is 3.51. The molecule has 0 bridgehead atoms. The Morgan fingerprint density at radius 3 is 2.88 bits per heavy atom. The Morgan fingerprint density at radius 2 is 2.25 bits per heavy atom. The van der Waals surface area contributed by atoms with Crippen LogP contribution < -0.4 is 0 Å². The number of furan rings is 1. The number of aliphatic hydroxyl groups is 1. The molecular weight excluding hydrogens is 224 g/mol. The number of benzene rings is 1. The van der Waals surface area contributed by atoms with Crippen LogP contribution in [0.3, 0.4) is 0 Å². The van der Waals surface area contributed by atoms with E-state index in [1.165, 1.54) is 0 Å². The molecule has 0 aliphatic heterocycles. The summed E-state index contributed by atoms with van der Waals surface area (Å²) in [6.45, 7) is 2.14. The first-order chi connectivity index (χ1) is 7.66. The Kier molecular flexibility index (Phi) is 2.23. The van der Waals surface area contributed by atoms with Crippen LogP contribution in [0.15, 0.2) is 28.7 Å². The summed E-state index contributed by atoms with van der Waals surface area (Å²) >= 11 is 6.02. The van der Waals surface area contributed by atoms with Gasteiger partial charge in [-0.1, -0.05) is 30.7 Å². The van der Waals surface area contributed by atoms with Crippen molar-refractivity contribution in [1.29, 1.82) is 0 Å². The molecule has 1 aromatic carbocycles. The van der Waals surface area contributed by atoms with Gasteiger partial charge in [0, 0.05) is 5.39 Å². The van der Waals surface area contributed by atoms with Gasteiger partial charge in [0.2, 0.25) is 0 Å². The van der Waals surface area contributed by atoms with Gasteiger partial charge in [-0.3, -0.25) is 0 Å². The molecule has 1 saturated carbocycles. The summed E-state index contributed by atoms with van der Waals surface area (Å²) < 4.78 is 5.63. The predicted molar refractivity (Wildman–Crippen MR) is 63.5 cm³/mol. The first-order valence-electron chi connectivity index (χ1n) is 5.53. The number of hydrogen-bond acceptors (Lipinski definition) is 2. The van der Waals surface area contributed by atoms with Crippen molar-refractivity contribution < 1.29 is 9.52 Å². The topological polar surface area (TPSA) is 33.4 Å². The largest absolute Gasteiger partial charge is 0.457 e. The SMILES string of the molecule is CC1CC1C(O)c1cc2cccc(Cl)c2o1. The number of aliphatic hydroxyl groups excluding tert-OH is 1. The van der Waals surface area contributed by atoms with Gasteiger partial charge in [0.15, 0.2) is 5.58 Å². The monoisotopic (exact) mass is 236 g/mol. The Balaban J connectivity index is 2.02. The molecule has 3 rings (SSSR count). The highest BCUT2D eigenvalue weighted by molar-refractivity contribution is 6.34. The molecule has 1 aliphatic carbocycles. The van der Waals surface area contributed by atoms with Crippen molar-refractivity contribution in [3.63, 3.8) is 0 Å². The molecule has 2 aromatic rings. The maximum atomic E-state index is 10.1. The van der Waals surface area contributed by atoms with E-state index in [4.69, 9.17) is 16.0 Å². The Bertz CT molecular complexity index is 532. The first-order valence-corrected chi connectivity index (χ1v) is 5.90. The van der Waals surface area contributed by atoms with Crippen molar-refractivity contribution in [3.05, 3.63) is 35.0 Å². The molecule has 1 aromatic heterocycles. The number of hydrogen-bond donors (Lipinski definition) is 1. The van der Waals surface area contributed by atoms with Gasteiger partial charge in [0.05, 0.1) is 5.02 Å². The molecular formula is C13H13ClO2. The molecule has 2 nitrogen and oxygen atoms in total. The third-order valence-corrected chi connectivity index (χ3v) is 3.68. The lowest BCUT2D eigenvalue weighted by Gasteiger charge is -2.04. The van der Waals surface area contributed by atoms with Gasteiger partial charge in [-0.05, 0) is 30.4 Å². The quantitative estimate of drug-likeness (QED) is 0.861. The van der Waals surface area contributed by atoms with Crippen LogP contribution in [0.5, 0.6) is 0 Å². The minimum absolute atomic E-state index is 0.347. The maximum absolute atomic E-state index is 10.1. The molecule has 0 amide bonds. The highest BCUT2D eigenvalue weighted by Gasteiger charge is 2.40. The molecule has 0 radical (unpaired) electrons. The first kappa shape index (κ1) is 10.2. The Morgan fingerprint density at radius 1 is 1.50 bits per heavy atom. The van der Waals surface area contributed by atoms with Crippen molar-refractivity contribution in [2.75, 3.05) is 0 Å². The van der Waals surface area contributed by atoms with E-state index in [0.717, 1.165) is 11.8 Å². The smallest absolute Gasteiger partial charge is 0.152 e. The lowest BCUT2D eigenvalue weighted by molar-refractivity contribution is 0.124. The predicted octanol–water partition coefficient (Wildman–Crippen LogP) is 3.78. The number of rotatable bonds is 2. The molecule has 0 spiro atoms. The summed E-state index contributed by atoms with van der Waals surface area (Å²) in [4.78, 5) is 0. The highest BCUT2D eigenvalue weighted by Crippen LogP contribution is 2.47. The zero-order valence-electron chi connectivity index (χ0n) is 8.98. The normalized spacial score (nSPS) is 25.9. The summed E-state index contributed by atoms with van der Waals surface area (Å²) in [7, 11) is 0. The summed E-state index contributed by atoms with van der Waals surface area (Å²) in [5, 5.41) is 11.6. The lowest BCUT2D eigenvalue weighted by Crippen LogP contribution is -1.98. The molecule has 3 atom stereocenters. The second-order valence-electron chi connectivity index (χ2n) is 4.63. The zero-order valence-corrected chi connectivity index (χ0v) is 9.74. The molecule has 1 heterocycles. The van der Waals surface area contributed by atoms with E-state index in [1.54, 1.807) is 6.07 Å². The lowest BCUT2D eigenvalue weighted by atomic mass is 10.1. The van der Waals surface area contributed by atoms with Crippen molar-refractivity contribution in [2.45, 2.75) is 19.4 Å². The van der Waals surface area contributed by atoms with Crippen LogP contribution in [0.4, 0.5) is 0 Å². The Hall–Kier alpha value is -0.990. The summed E-state index contributed by atoms with van der Waals surface area (Å²) in [6, 6.07) is 7.51. The fourth-order valence-corrected chi connectivity index (χ4v) is 2.42. The van der Waals surface area contributed by atoms with Gasteiger partial charge in [0.1, 0.15) is 11.9 Å². The van der Waals surface area contributed by atoms with Crippen LogP contribution >= 0.6 is 11.6 Å². The summed E-state index contributed by atoms with van der Waals surface area (Å²) in [5.41, 5.74) is 0.673. The van der Waals surface area contributed by atoms with Crippen molar-refractivity contribution in [2.24, 2.45) is 11.8 Å². The van der Waals surface area contributed by atoms with Gasteiger partial charge < -0.3 is 9.52 Å². The van der Waals surface area contributed by atoms with E-state index >= 15 is 0 Å². The van der Waals surface area contributed by atoms with Gasteiger partial charge in [-0.2, -0.15) is 0 Å². The van der Waals surface area contributed by atoms with Crippen LogP contribution in [-0.2, 0) is 0 Å². The van der Waals surface area contributed by atoms with E-state index in [0.29, 0.717) is 28.2 Å². The van der Waals surface area contributed by atoms with E-state index in [9.17, 15) is 5.11 Å². The van der Waals surface area contributed by atoms with Gasteiger partial charge >= 0.3 is 0 Å². The molecule has 16 heavy (non-hydrogen) atoms. The van der Waals surface area contributed by atoms with E-state index in [-0.39, 0.29) is 0 Å². The number of fused-ring (bicyclic) bond motifs is 1. The average Bonchev–Trinajstić information content (AvgIpc) is 2.81. The van der Waals surface area contributed by atoms with Crippen LogP contribution in [0.2, 0.25) is 5.02 Å². The molecule has 0 saturated heterocycles. The van der Waals surface area contributed by atoms with Crippen LogP contribution in [-0.4, -0.2) is 5.11 Å². The fourth-order valence-electron chi connectivity index (χ4n) is 2.20. The number of para-hydroxylation sites is 1. The molecule has 3 heteroatoms. The van der Waals surface area contributed by atoms with E-state index in [2.05, 4.69) is 6.92 Å². The highest BCUT2D eigenvalue weighted by atomic mass is 35.5. The van der Waals surface area contributed by atoms with Gasteiger partial charge in [0.25, 0.3) is 0 Å². The third kappa shape index (κ3) is 1.53. The zero-order chi connectivity index (χ0) is 11.3. The molecule has 1 fully saturated rings. The van der Waals surface area contributed by atoms with Gasteiger partial charge in [-0.15, -0.1) is 0 Å². The maximum Gasteiger partial charge on any atom is 0.152 e. The van der Waals surface area contributed by atoms with Crippen molar-refractivity contribution >= 4 is 22.6 Å². The molecule has 1 aliphatic rings. The molecule has 3 unspecified atom stereocenters. The van der Waals surface area contributed by atoms with Crippen LogP contribution in [0.1, 0.15) is 25.2 Å². The minimum atomic E-state index is -0.488. The number of halogens is 1. The standard InChI is InChI=1S/C13H13ClO2/c1-7-5-9(7)12(15)11-6-8-3-2-4-10(14)13(8)16-11/h2-4,6-7,9,12,15H,5H2,1H3. The second-order valence-corrected chi connectivity index (χ2v) is 5.04. The van der Waals surface area contributed by atoms with E-state index in [1.807, 2.05) is 18.2 Å². The van der Waals surface area contributed by atoms with Crippen LogP contribution in [0, 0.1) is 11.8 Å². The average molecular weight is 237 g/mol. The van der Waals surface area contributed by atoms with Crippen molar-refractivity contribution in [1.82, 2.24) is 0 Å². The summed E-state index contributed by atoms with van der Waals surface area (Å²) in [6.07, 6.45) is 0.588. The molecule has 1 N–H and O–H groups in total. The fraction of sp³-hybridized carbons (Fsp3) is 0.385. The summed E-state index contributed by atoms with van der Waals surface area (Å²) in [5.74, 6) is 1.58. The molecule has 84 valence electrons. The van der Waals surface area contributed by atoms with Crippen molar-refractivity contribution in [3.8, 4) is 0 Å². The van der Waals surface area contributed by atoms with E-state index < -0.39 is 6.10 Å². The Labute approximate surface area is 98.8 Å². The van der Waals surface area contributed by atoms with Gasteiger partial charge in [-0.25, -0.2) is 0 Å². The third-order valence-electron chi connectivity index (χ3n) is 3.38.